The molecule has 2 aliphatic carbocycles. The fourth-order valence-corrected chi connectivity index (χ4v) is 9.51. The van der Waals surface area contributed by atoms with Crippen molar-refractivity contribution in [3.8, 4) is 11.6 Å². The second kappa shape index (κ2) is 15.2. The first-order chi connectivity index (χ1) is 27.0. The van der Waals surface area contributed by atoms with Gasteiger partial charge < -0.3 is 24.8 Å². The molecule has 1 aromatic heterocycles. The van der Waals surface area contributed by atoms with Gasteiger partial charge in [0.1, 0.15) is 40.8 Å². The Morgan fingerprint density at radius 3 is 2.43 bits per heavy atom. The number of pyridine rings is 1. The third-order valence-electron chi connectivity index (χ3n) is 12.3. The summed E-state index contributed by atoms with van der Waals surface area (Å²) in [5.74, 6) is -5.50. The number of rotatable bonds is 8. The molecule has 4 amide bonds. The van der Waals surface area contributed by atoms with Crippen LogP contribution in [0.5, 0.6) is 11.6 Å². The van der Waals surface area contributed by atoms with Crippen LogP contribution >= 0.6 is 0 Å². The minimum absolute atomic E-state index is 0.0169. The molecule has 2 aromatic rings. The predicted molar refractivity (Wildman–Crippen MR) is 202 cm³/mol. The van der Waals surface area contributed by atoms with Crippen molar-refractivity contribution in [2.24, 2.45) is 17.8 Å². The number of carbonyl (C=O) groups excluding carboxylic acids is 3. The van der Waals surface area contributed by atoms with Crippen molar-refractivity contribution < 1.29 is 59.7 Å². The molecule has 0 spiro atoms. The van der Waals surface area contributed by atoms with Gasteiger partial charge in [0.05, 0.1) is 23.8 Å². The summed E-state index contributed by atoms with van der Waals surface area (Å²) in [5, 5.41) is 13.7. The lowest BCUT2D eigenvalue weighted by molar-refractivity contribution is -0.222. The van der Waals surface area contributed by atoms with Gasteiger partial charge in [-0.05, 0) is 83.3 Å². The molecular formula is C39H49F4N5O9S. The summed E-state index contributed by atoms with van der Waals surface area (Å²) in [6.07, 6.45) is -1.96. The Hall–Kier alpha value is -4.68. The van der Waals surface area contributed by atoms with Crippen molar-refractivity contribution in [2.45, 2.75) is 120 Å². The highest BCUT2D eigenvalue weighted by molar-refractivity contribution is 7.91. The summed E-state index contributed by atoms with van der Waals surface area (Å²) < 4.78 is 97.6. The van der Waals surface area contributed by atoms with Gasteiger partial charge in [-0.3, -0.25) is 24.0 Å². The minimum atomic E-state index is -5.12. The molecule has 6 rings (SSSR count). The van der Waals surface area contributed by atoms with Crippen LogP contribution in [0.25, 0.3) is 10.8 Å². The first kappa shape index (κ1) is 42.9. The van der Waals surface area contributed by atoms with E-state index in [2.05, 4.69) is 15.0 Å². The number of hydrogen-bond donors (Lipinski definition) is 3. The Bertz CT molecular complexity index is 2130. The van der Waals surface area contributed by atoms with Crippen LogP contribution in [0.15, 0.2) is 36.5 Å². The van der Waals surface area contributed by atoms with Gasteiger partial charge in [-0.25, -0.2) is 22.6 Å². The monoisotopic (exact) mass is 839 g/mol. The summed E-state index contributed by atoms with van der Waals surface area (Å²) in [7, 11) is -2.80. The standard InChI is InChI=1S/C39H49F4N5O9S/c1-21-9-7-8-10-23-19-38(23,34(51)46-58(54,55)37(5)12-13-37)45-31(49)28-18-25(57-32-27-16-24(40)17-29(56-6)26(27)11-14-44-32)20-47(28)33(50)30(22(2)15-21)48(35(52)53)36(3,4)39(41,42)43/h8,10-11,14,16-17,21-23,25,28,30H,7,9,12-13,15,18-20H2,1-6H3,(H,45,49)(H,46,51)(H,52,53)/t21-,22-,23-,25-,28+,30+,38-/m1/s1. The normalized spacial score (nSPS) is 29.0. The van der Waals surface area contributed by atoms with Crippen molar-refractivity contribution in [2.75, 3.05) is 13.7 Å². The van der Waals surface area contributed by atoms with Crippen molar-refractivity contribution >= 4 is 44.6 Å². The fraction of sp³-hybridized carbons (Fsp3) is 0.615. The SMILES string of the molecule is COc1cc(F)cc2c(O[C@@H]3C[C@H]4C(=O)N[C@]5(C(=O)NS(=O)(=O)C6(C)CC6)C[C@H]5C=CCC[C@@H](C)C[C@@H](C)[C@H](N(C(=O)O)C(C)(C)C(F)(F)F)C(=O)N4C3)nccc12. The molecule has 0 unspecified atom stereocenters. The summed E-state index contributed by atoms with van der Waals surface area (Å²) >= 11 is 0. The van der Waals surface area contributed by atoms with Crippen molar-refractivity contribution in [1.82, 2.24) is 24.8 Å². The molecule has 318 valence electrons. The van der Waals surface area contributed by atoms with E-state index in [1.54, 1.807) is 18.2 Å². The first-order valence-corrected chi connectivity index (χ1v) is 20.7. The lowest BCUT2D eigenvalue weighted by atomic mass is 9.85. The number of amides is 4. The number of fused-ring (bicyclic) bond motifs is 3. The molecule has 1 aromatic carbocycles. The van der Waals surface area contributed by atoms with Crippen LogP contribution in [-0.4, -0.2) is 106 Å². The number of ether oxygens (including phenoxy) is 2. The highest BCUT2D eigenvalue weighted by atomic mass is 32.2. The van der Waals surface area contributed by atoms with Crippen LogP contribution in [0.2, 0.25) is 0 Å². The van der Waals surface area contributed by atoms with Crippen LogP contribution in [0.3, 0.4) is 0 Å². The number of nitrogens with zero attached hydrogens (tertiary/aromatic N) is 3. The molecular weight excluding hydrogens is 791 g/mol. The number of halogens is 4. The number of sulfonamides is 1. The molecule has 4 aliphatic rings. The topological polar surface area (TPSA) is 185 Å². The highest BCUT2D eigenvalue weighted by Gasteiger charge is 2.64. The number of allylic oxidation sites excluding steroid dienone is 1. The van der Waals surface area contributed by atoms with Gasteiger partial charge in [0, 0.05) is 30.0 Å². The average molecular weight is 840 g/mol. The second-order valence-corrected chi connectivity index (χ2v) is 19.1. The number of hydrogen-bond acceptors (Lipinski definition) is 9. The molecule has 2 aliphatic heterocycles. The van der Waals surface area contributed by atoms with Crippen molar-refractivity contribution in [3.05, 3.63) is 42.4 Å². The Morgan fingerprint density at radius 1 is 1.12 bits per heavy atom. The Labute approximate surface area is 333 Å². The molecule has 58 heavy (non-hydrogen) atoms. The highest BCUT2D eigenvalue weighted by Crippen LogP contribution is 2.48. The third kappa shape index (κ3) is 7.89. The molecule has 2 saturated carbocycles. The number of benzene rings is 1. The van der Waals surface area contributed by atoms with Crippen LogP contribution in [0.4, 0.5) is 22.4 Å². The van der Waals surface area contributed by atoms with E-state index < -0.39 is 98.2 Å². The van der Waals surface area contributed by atoms with E-state index in [1.165, 1.54) is 27.2 Å². The van der Waals surface area contributed by atoms with Crippen LogP contribution in [-0.2, 0) is 24.4 Å². The number of aromatic nitrogens is 1. The Balaban J connectivity index is 1.43. The number of alkyl halides is 3. The van der Waals surface area contributed by atoms with E-state index in [1.807, 2.05) is 6.92 Å². The fourth-order valence-electron chi connectivity index (χ4n) is 8.20. The summed E-state index contributed by atoms with van der Waals surface area (Å²) in [5.41, 5.74) is -4.83. The molecule has 3 heterocycles. The maximum absolute atomic E-state index is 15.0. The number of carbonyl (C=O) groups is 4. The third-order valence-corrected chi connectivity index (χ3v) is 14.4. The van der Waals surface area contributed by atoms with E-state index in [4.69, 9.17) is 9.47 Å². The van der Waals surface area contributed by atoms with Gasteiger partial charge in [0.2, 0.25) is 27.7 Å². The van der Waals surface area contributed by atoms with Crippen LogP contribution in [0, 0.1) is 23.6 Å². The molecule has 3 fully saturated rings. The van der Waals surface area contributed by atoms with Gasteiger partial charge in [0.15, 0.2) is 0 Å². The van der Waals surface area contributed by atoms with Crippen LogP contribution < -0.4 is 19.5 Å². The summed E-state index contributed by atoms with van der Waals surface area (Å²) in [4.78, 5) is 61.6. The largest absolute Gasteiger partial charge is 0.496 e. The number of methoxy groups -OCH3 is 1. The van der Waals surface area contributed by atoms with Crippen molar-refractivity contribution in [1.29, 1.82) is 0 Å². The zero-order valence-corrected chi connectivity index (χ0v) is 33.9. The molecule has 3 N–H and O–H groups in total. The molecule has 7 atom stereocenters. The Kier molecular flexibility index (Phi) is 11.2. The zero-order chi connectivity index (χ0) is 42.7. The lowest BCUT2D eigenvalue weighted by Crippen LogP contribution is -2.66. The van der Waals surface area contributed by atoms with E-state index in [-0.39, 0.29) is 47.1 Å². The van der Waals surface area contributed by atoms with Crippen molar-refractivity contribution in [3.63, 3.8) is 0 Å². The van der Waals surface area contributed by atoms with Gasteiger partial charge in [-0.2, -0.15) is 13.2 Å². The quantitative estimate of drug-likeness (QED) is 0.233. The van der Waals surface area contributed by atoms with E-state index in [0.29, 0.717) is 44.9 Å². The Morgan fingerprint density at radius 2 is 1.81 bits per heavy atom. The second-order valence-electron chi connectivity index (χ2n) is 16.9. The lowest BCUT2D eigenvalue weighted by Gasteiger charge is -2.45. The van der Waals surface area contributed by atoms with Crippen LogP contribution in [0.1, 0.15) is 79.6 Å². The zero-order valence-electron chi connectivity index (χ0n) is 33.1. The molecule has 1 saturated heterocycles. The van der Waals surface area contributed by atoms with Gasteiger partial charge in [-0.15, -0.1) is 0 Å². The number of carboxylic acid groups (broad SMARTS) is 1. The van der Waals surface area contributed by atoms with E-state index in [9.17, 15) is 50.3 Å². The molecule has 19 heteroatoms. The maximum Gasteiger partial charge on any atom is 0.411 e. The summed E-state index contributed by atoms with van der Waals surface area (Å²) in [6.45, 7) is 5.69. The van der Waals surface area contributed by atoms with Gasteiger partial charge in [0.25, 0.3) is 5.91 Å². The van der Waals surface area contributed by atoms with E-state index in [0.717, 1.165) is 17.0 Å². The maximum atomic E-state index is 15.0. The van der Waals surface area contributed by atoms with Gasteiger partial charge in [-0.1, -0.05) is 26.0 Å². The molecule has 0 radical (unpaired) electrons. The average Bonchev–Trinajstić information content (AvgIpc) is 4.01. The predicted octanol–water partition coefficient (Wildman–Crippen LogP) is 5.31. The number of nitrogens with one attached hydrogen (secondary N) is 2. The first-order valence-electron chi connectivity index (χ1n) is 19.2. The molecule has 0 bridgehead atoms. The minimum Gasteiger partial charge on any atom is -0.496 e. The smallest absolute Gasteiger partial charge is 0.411 e. The molecule has 14 nitrogen and oxygen atoms in total. The summed E-state index contributed by atoms with van der Waals surface area (Å²) in [6, 6.07) is 0.363. The van der Waals surface area contributed by atoms with Gasteiger partial charge >= 0.3 is 12.3 Å². The van der Waals surface area contributed by atoms with E-state index >= 15 is 0 Å².